The van der Waals surface area contributed by atoms with E-state index < -0.39 is 0 Å². The average molecular weight is 440 g/mol. The van der Waals surface area contributed by atoms with Crippen molar-refractivity contribution in [2.75, 3.05) is 31.4 Å². The topological polar surface area (TPSA) is 61.9 Å². The highest BCUT2D eigenvalue weighted by Gasteiger charge is 2.23. The van der Waals surface area contributed by atoms with Crippen LogP contribution in [-0.4, -0.2) is 44.0 Å². The predicted molar refractivity (Wildman–Crippen MR) is 131 cm³/mol. The van der Waals surface area contributed by atoms with Crippen molar-refractivity contribution in [3.05, 3.63) is 53.6 Å². The Bertz CT molecular complexity index is 907. The maximum atomic E-state index is 13.4. The van der Waals surface area contributed by atoms with Crippen LogP contribution in [0, 0.1) is 5.92 Å². The van der Waals surface area contributed by atoms with Gasteiger partial charge in [0.1, 0.15) is 5.75 Å². The van der Waals surface area contributed by atoms with E-state index in [1.807, 2.05) is 55.9 Å². The quantitative estimate of drug-likeness (QED) is 0.554. The number of hydrogen-bond acceptors (Lipinski definition) is 4. The number of carbonyl (C=O) groups is 2. The van der Waals surface area contributed by atoms with Crippen LogP contribution in [0.15, 0.2) is 42.5 Å². The molecule has 1 atom stereocenters. The summed E-state index contributed by atoms with van der Waals surface area (Å²) in [6, 6.07) is 13.1. The second-order valence-corrected chi connectivity index (χ2v) is 8.80. The lowest BCUT2D eigenvalue weighted by atomic mass is 10.1. The van der Waals surface area contributed by atoms with Gasteiger partial charge in [-0.15, -0.1) is 0 Å². The van der Waals surface area contributed by atoms with Gasteiger partial charge in [-0.3, -0.25) is 9.59 Å². The Morgan fingerprint density at radius 2 is 1.69 bits per heavy atom. The van der Waals surface area contributed by atoms with E-state index in [2.05, 4.69) is 19.2 Å². The molecule has 0 fully saturated rings. The molecule has 6 heteroatoms. The molecule has 0 aliphatic rings. The molecule has 174 valence electrons. The molecular weight excluding hydrogens is 402 g/mol. The highest BCUT2D eigenvalue weighted by Crippen LogP contribution is 2.27. The van der Waals surface area contributed by atoms with E-state index in [0.29, 0.717) is 24.4 Å². The van der Waals surface area contributed by atoms with Crippen LogP contribution in [0.1, 0.15) is 56.5 Å². The molecule has 0 aromatic heterocycles. The third-order valence-electron chi connectivity index (χ3n) is 5.50. The van der Waals surface area contributed by atoms with Crippen LogP contribution >= 0.6 is 0 Å². The molecule has 1 N–H and O–H groups in total. The molecule has 2 rings (SSSR count). The van der Waals surface area contributed by atoms with Crippen molar-refractivity contribution in [2.45, 2.75) is 53.1 Å². The molecule has 6 nitrogen and oxygen atoms in total. The average Bonchev–Trinajstić information content (AvgIpc) is 2.75. The van der Waals surface area contributed by atoms with Crippen LogP contribution in [0.25, 0.3) is 0 Å². The Hall–Kier alpha value is -3.02. The Balaban J connectivity index is 2.36. The van der Waals surface area contributed by atoms with E-state index in [9.17, 15) is 9.59 Å². The fourth-order valence-electron chi connectivity index (χ4n) is 3.54. The standard InChI is InChI=1S/C26H37N3O3/c1-8-19(4)29(26(31)20-9-12-23(32-7)13-10-20)17-21-16-22(11-14-24(21)28(5)6)27-25(30)15-18(2)3/h9-14,16,18-19H,8,15,17H2,1-7H3,(H,27,30)/t19-/m1/s1. The fraction of sp³-hybridized carbons (Fsp3) is 0.462. The molecule has 0 aliphatic carbocycles. The van der Waals surface area contributed by atoms with Gasteiger partial charge in [-0.05, 0) is 67.3 Å². The summed E-state index contributed by atoms with van der Waals surface area (Å²) >= 11 is 0. The van der Waals surface area contributed by atoms with Gasteiger partial charge in [0, 0.05) is 50.0 Å². The zero-order valence-electron chi connectivity index (χ0n) is 20.4. The summed E-state index contributed by atoms with van der Waals surface area (Å²) < 4.78 is 5.22. The minimum atomic E-state index is -0.0269. The van der Waals surface area contributed by atoms with Gasteiger partial charge in [0.2, 0.25) is 5.91 Å². The number of ether oxygens (including phenoxy) is 1. The van der Waals surface area contributed by atoms with Gasteiger partial charge in [0.05, 0.1) is 7.11 Å². The highest BCUT2D eigenvalue weighted by molar-refractivity contribution is 5.95. The fourth-order valence-corrected chi connectivity index (χ4v) is 3.54. The van der Waals surface area contributed by atoms with Crippen molar-refractivity contribution in [1.82, 2.24) is 4.90 Å². The first kappa shape index (κ1) is 25.2. The summed E-state index contributed by atoms with van der Waals surface area (Å²) in [5, 5.41) is 3.00. The van der Waals surface area contributed by atoms with Gasteiger partial charge >= 0.3 is 0 Å². The number of methoxy groups -OCH3 is 1. The molecule has 2 aromatic rings. The van der Waals surface area contributed by atoms with Crippen LogP contribution in [-0.2, 0) is 11.3 Å². The summed E-state index contributed by atoms with van der Waals surface area (Å²) in [6.45, 7) is 8.63. The third-order valence-corrected chi connectivity index (χ3v) is 5.50. The summed E-state index contributed by atoms with van der Waals surface area (Å²) in [7, 11) is 5.57. The highest BCUT2D eigenvalue weighted by atomic mass is 16.5. The number of rotatable bonds is 10. The number of hydrogen-bond donors (Lipinski definition) is 1. The minimum Gasteiger partial charge on any atom is -0.497 e. The smallest absolute Gasteiger partial charge is 0.254 e. The van der Waals surface area contributed by atoms with Crippen LogP contribution in [0.3, 0.4) is 0 Å². The van der Waals surface area contributed by atoms with Gasteiger partial charge in [-0.2, -0.15) is 0 Å². The number of anilines is 2. The van der Waals surface area contributed by atoms with Crippen molar-refractivity contribution in [2.24, 2.45) is 5.92 Å². The maximum Gasteiger partial charge on any atom is 0.254 e. The van der Waals surface area contributed by atoms with E-state index in [4.69, 9.17) is 4.74 Å². The molecular formula is C26H37N3O3. The molecule has 0 spiro atoms. The first-order valence-corrected chi connectivity index (χ1v) is 11.2. The van der Waals surface area contributed by atoms with Crippen LogP contribution in [0.5, 0.6) is 5.75 Å². The van der Waals surface area contributed by atoms with Crippen LogP contribution in [0.2, 0.25) is 0 Å². The van der Waals surface area contributed by atoms with Gasteiger partial charge in [0.25, 0.3) is 5.91 Å². The SMILES string of the molecule is CC[C@@H](C)N(Cc1cc(NC(=O)CC(C)C)ccc1N(C)C)C(=O)c1ccc(OC)cc1. The van der Waals surface area contributed by atoms with E-state index in [1.54, 1.807) is 31.4 Å². The van der Waals surface area contributed by atoms with Crippen LogP contribution in [0.4, 0.5) is 11.4 Å². The molecule has 0 saturated heterocycles. The molecule has 0 saturated carbocycles. The van der Waals surface area contributed by atoms with Crippen molar-refractivity contribution < 1.29 is 14.3 Å². The van der Waals surface area contributed by atoms with Crippen LogP contribution < -0.4 is 15.0 Å². The van der Waals surface area contributed by atoms with Gasteiger partial charge in [-0.1, -0.05) is 20.8 Å². The minimum absolute atomic E-state index is 0.00311. The summed E-state index contributed by atoms with van der Waals surface area (Å²) in [5.41, 5.74) is 3.37. The number of carbonyl (C=O) groups excluding carboxylic acids is 2. The number of nitrogens with zero attached hydrogens (tertiary/aromatic N) is 2. The Morgan fingerprint density at radius 1 is 1.03 bits per heavy atom. The monoisotopic (exact) mass is 439 g/mol. The van der Waals surface area contributed by atoms with Crippen molar-refractivity contribution in [3.63, 3.8) is 0 Å². The second kappa shape index (κ2) is 11.6. The molecule has 0 unspecified atom stereocenters. The zero-order chi connectivity index (χ0) is 23.8. The summed E-state index contributed by atoms with van der Waals surface area (Å²) in [5.74, 6) is 0.979. The number of benzene rings is 2. The maximum absolute atomic E-state index is 13.4. The Morgan fingerprint density at radius 3 is 2.22 bits per heavy atom. The van der Waals surface area contributed by atoms with E-state index in [1.165, 1.54) is 0 Å². The molecule has 32 heavy (non-hydrogen) atoms. The summed E-state index contributed by atoms with van der Waals surface area (Å²) in [4.78, 5) is 29.6. The molecule has 2 amide bonds. The Labute approximate surface area is 192 Å². The molecule has 0 heterocycles. The van der Waals surface area contributed by atoms with Gasteiger partial charge in [-0.25, -0.2) is 0 Å². The Kier molecular flexibility index (Phi) is 9.12. The lowest BCUT2D eigenvalue weighted by Crippen LogP contribution is -2.38. The summed E-state index contributed by atoms with van der Waals surface area (Å²) in [6.07, 6.45) is 1.31. The van der Waals surface area contributed by atoms with E-state index in [-0.39, 0.29) is 17.9 Å². The van der Waals surface area contributed by atoms with Gasteiger partial charge in [0.15, 0.2) is 0 Å². The molecule has 0 bridgehead atoms. The zero-order valence-corrected chi connectivity index (χ0v) is 20.4. The van der Waals surface area contributed by atoms with E-state index in [0.717, 1.165) is 29.1 Å². The third kappa shape index (κ3) is 6.74. The largest absolute Gasteiger partial charge is 0.497 e. The van der Waals surface area contributed by atoms with Gasteiger partial charge < -0.3 is 19.9 Å². The normalized spacial score (nSPS) is 11.8. The molecule has 0 radical (unpaired) electrons. The van der Waals surface area contributed by atoms with E-state index >= 15 is 0 Å². The van der Waals surface area contributed by atoms with Crippen molar-refractivity contribution in [1.29, 1.82) is 0 Å². The van der Waals surface area contributed by atoms with Crippen molar-refractivity contribution >= 4 is 23.2 Å². The lowest BCUT2D eigenvalue weighted by Gasteiger charge is -2.31. The lowest BCUT2D eigenvalue weighted by molar-refractivity contribution is -0.116. The number of amides is 2. The second-order valence-electron chi connectivity index (χ2n) is 8.80. The molecule has 2 aromatic carbocycles. The van der Waals surface area contributed by atoms with Crippen molar-refractivity contribution in [3.8, 4) is 5.75 Å². The number of nitrogens with one attached hydrogen (secondary N) is 1. The molecule has 0 aliphatic heterocycles. The first-order valence-electron chi connectivity index (χ1n) is 11.2. The predicted octanol–water partition coefficient (Wildman–Crippen LogP) is 5.19. The first-order chi connectivity index (χ1) is 15.2.